The van der Waals surface area contributed by atoms with Crippen LogP contribution in [-0.2, 0) is 65.8 Å². The Kier molecular flexibility index (Phi) is 41.4. The van der Waals surface area contributed by atoms with Gasteiger partial charge in [0.15, 0.2) is 0 Å². The Morgan fingerprint density at radius 2 is 0.955 bits per heavy atom. The molecule has 2 aromatic rings. The number of hydrogen-bond donors (Lipinski definition) is 7. The molecule has 1 aliphatic rings. The number of nitrogens with zero attached hydrogens (tertiary/aromatic N) is 6. The second-order valence-electron chi connectivity index (χ2n) is 23.7. The van der Waals surface area contributed by atoms with Gasteiger partial charge in [0.1, 0.15) is 25.0 Å². The first-order valence-electron chi connectivity index (χ1n) is 30.7. The van der Waals surface area contributed by atoms with E-state index in [-0.39, 0.29) is 74.7 Å². The van der Waals surface area contributed by atoms with Crippen LogP contribution in [0, 0.1) is 11.3 Å². The maximum atomic E-state index is 13.4. The molecule has 88 heavy (non-hydrogen) atoms. The second kappa shape index (κ2) is 45.8. The molecule has 1 fully saturated rings. The van der Waals surface area contributed by atoms with Crippen molar-refractivity contribution in [3.63, 3.8) is 0 Å². The van der Waals surface area contributed by atoms with Gasteiger partial charge in [0.25, 0.3) is 0 Å². The van der Waals surface area contributed by atoms with Crippen molar-refractivity contribution in [3.8, 4) is 0 Å². The highest BCUT2D eigenvalue weighted by Crippen LogP contribution is 2.30. The summed E-state index contributed by atoms with van der Waals surface area (Å²) in [6, 6.07) is 15.7. The number of unbranched alkanes of at least 4 members (excludes halogenated alkanes) is 2. The minimum absolute atomic E-state index is 0.0167. The maximum absolute atomic E-state index is 13.4. The predicted molar refractivity (Wildman–Crippen MR) is 341 cm³/mol. The van der Waals surface area contributed by atoms with Crippen LogP contribution in [0.5, 0.6) is 0 Å². The molecule has 1 heterocycles. The van der Waals surface area contributed by atoms with Crippen LogP contribution in [0.2, 0.25) is 0 Å². The molecule has 1 saturated heterocycles. The summed E-state index contributed by atoms with van der Waals surface area (Å²) in [5.74, 6) is -3.81. The van der Waals surface area contributed by atoms with Crippen LogP contribution in [0.4, 0.5) is 4.79 Å². The van der Waals surface area contributed by atoms with Crippen LogP contribution >= 0.6 is 0 Å². The summed E-state index contributed by atoms with van der Waals surface area (Å²) >= 11 is 0. The van der Waals surface area contributed by atoms with E-state index in [1.807, 2.05) is 88.6 Å². The number of benzene rings is 2. The third kappa shape index (κ3) is 38.7. The zero-order valence-electron chi connectivity index (χ0n) is 55.0. The van der Waals surface area contributed by atoms with Crippen molar-refractivity contribution >= 4 is 53.4 Å². The molecule has 3 rings (SSSR count). The largest absolute Gasteiger partial charge is 0.461 e. The SMILES string of the molecule is CCCCNC(=O)C(CC(=O)NCCN(C)CCN(C)CCN(C)C)CC(C)(C)C(=O)CC(N)C(=O)NCCN(C)CCN(C)CCN(C)C.CCCCNC(=O)C(N)CC(=O)OCc1ccccc1.O=C(CC1NC(=O)OC1=O)OCc1ccccc1. The molecule has 4 unspecified atom stereocenters. The van der Waals surface area contributed by atoms with Crippen LogP contribution in [0.25, 0.3) is 0 Å². The fourth-order valence-electron chi connectivity index (χ4n) is 8.22. The molecule has 2 aromatic carbocycles. The zero-order chi connectivity index (χ0) is 66.0. The van der Waals surface area contributed by atoms with Crippen molar-refractivity contribution in [2.75, 3.05) is 148 Å². The second-order valence-corrected chi connectivity index (χ2v) is 23.7. The summed E-state index contributed by atoms with van der Waals surface area (Å²) in [4.78, 5) is 122. The van der Waals surface area contributed by atoms with Gasteiger partial charge in [-0.25, -0.2) is 9.59 Å². The monoisotopic (exact) mass is 1240 g/mol. The Bertz CT molecular complexity index is 2350. The van der Waals surface area contributed by atoms with Gasteiger partial charge in [0, 0.05) is 116 Å². The average Bonchev–Trinajstić information content (AvgIpc) is 3.98. The number of nitrogens with two attached hydrogens (primary N) is 2. The number of amides is 5. The number of rotatable bonds is 42. The van der Waals surface area contributed by atoms with E-state index in [2.05, 4.69) is 103 Å². The van der Waals surface area contributed by atoms with E-state index in [4.69, 9.17) is 20.9 Å². The van der Waals surface area contributed by atoms with Crippen molar-refractivity contribution in [1.82, 2.24) is 56.0 Å². The fraction of sp³-hybridized carbons (Fsp3) is 0.667. The van der Waals surface area contributed by atoms with Gasteiger partial charge in [-0.3, -0.25) is 33.6 Å². The van der Waals surface area contributed by atoms with Gasteiger partial charge in [-0.1, -0.05) is 101 Å². The van der Waals surface area contributed by atoms with Crippen molar-refractivity contribution in [3.05, 3.63) is 71.8 Å². The highest BCUT2D eigenvalue weighted by atomic mass is 16.6. The first-order valence-corrected chi connectivity index (χ1v) is 30.7. The van der Waals surface area contributed by atoms with Gasteiger partial charge in [0.05, 0.1) is 24.9 Å². The highest BCUT2D eigenvalue weighted by Gasteiger charge is 2.37. The normalized spacial score (nSPS) is 14.0. The number of cyclic esters (lactones) is 2. The van der Waals surface area contributed by atoms with Gasteiger partial charge >= 0.3 is 24.0 Å². The van der Waals surface area contributed by atoms with Gasteiger partial charge in [-0.05, 0) is 86.8 Å². The number of ketones is 1. The number of hydrogen-bond acceptors (Lipinski definition) is 20. The minimum atomic E-state index is -0.992. The van der Waals surface area contributed by atoms with E-state index in [1.54, 1.807) is 13.8 Å². The lowest BCUT2D eigenvalue weighted by Gasteiger charge is -2.29. The van der Waals surface area contributed by atoms with Crippen molar-refractivity contribution in [1.29, 1.82) is 0 Å². The smallest absolute Gasteiger partial charge is 0.415 e. The molecule has 25 nitrogen and oxygen atoms in total. The van der Waals surface area contributed by atoms with E-state index in [0.29, 0.717) is 39.3 Å². The standard InChI is InChI=1S/C36H76N10O4.C15H22N2O3.C12H11NO5/c1-12-13-14-39-34(49)30(27-33(48)38-15-17-43(8)23-25-45(10)21-19-41(4)5)29-36(2,3)32(47)28-31(37)35(50)40-16-18-44(9)24-26-46(11)22-20-42(6)7;1-2-3-9-17-15(19)13(16)10-14(18)20-11-12-7-5-4-6-8-12;14-10(6-9-11(15)18-12(16)13-9)17-7-8-4-2-1-3-5-8/h30-31H,12-29,37H2,1-11H3,(H,38,48)(H,39,49)(H,40,50);4-8,13H,2-3,9-11,16H2,1H3,(H,17,19);1-5,9H,6-7H2,(H,13,16). The average molecular weight is 1240 g/mol. The van der Waals surface area contributed by atoms with E-state index in [0.717, 1.165) is 89.2 Å². The van der Waals surface area contributed by atoms with Crippen molar-refractivity contribution < 1.29 is 57.4 Å². The summed E-state index contributed by atoms with van der Waals surface area (Å²) in [7, 11) is 16.5. The van der Waals surface area contributed by atoms with Crippen LogP contribution < -0.4 is 38.1 Å². The third-order valence-electron chi connectivity index (χ3n) is 14.3. The Morgan fingerprint density at radius 1 is 0.545 bits per heavy atom. The Morgan fingerprint density at radius 3 is 1.40 bits per heavy atom. The van der Waals surface area contributed by atoms with Crippen LogP contribution in [0.3, 0.4) is 0 Å². The summed E-state index contributed by atoms with van der Waals surface area (Å²) in [6.07, 6.45) is 2.51. The Balaban J connectivity index is 0.000000816. The van der Waals surface area contributed by atoms with E-state index >= 15 is 0 Å². The molecule has 0 bridgehead atoms. The molecule has 0 spiro atoms. The summed E-state index contributed by atoms with van der Waals surface area (Å²) in [6.45, 7) is 18.9. The molecule has 498 valence electrons. The molecule has 0 aliphatic carbocycles. The fourth-order valence-corrected chi connectivity index (χ4v) is 8.22. The number of nitrogens with one attached hydrogen (secondary N) is 5. The first-order chi connectivity index (χ1) is 41.6. The van der Waals surface area contributed by atoms with Crippen molar-refractivity contribution in [2.24, 2.45) is 22.8 Å². The number of carbonyl (C=O) groups is 9. The van der Waals surface area contributed by atoms with Gasteiger partial charge in [0.2, 0.25) is 23.6 Å². The molecule has 5 amide bonds. The zero-order valence-corrected chi connectivity index (χ0v) is 55.0. The van der Waals surface area contributed by atoms with Gasteiger partial charge in [-0.2, -0.15) is 0 Å². The summed E-state index contributed by atoms with van der Waals surface area (Å²) in [5.41, 5.74) is 12.6. The molecule has 0 radical (unpaired) electrons. The number of ether oxygens (including phenoxy) is 3. The number of Topliss-reactive ketones (excluding diaryl/α,β-unsaturated/α-hetero) is 1. The number of carbonyl (C=O) groups excluding carboxylic acids is 9. The molecular formula is C63H109N13O12. The van der Waals surface area contributed by atoms with Crippen LogP contribution in [-0.4, -0.2) is 249 Å². The lowest BCUT2D eigenvalue weighted by atomic mass is 9.76. The molecule has 25 heteroatoms. The molecule has 4 atom stereocenters. The number of esters is 3. The Hall–Kier alpha value is -6.45. The lowest BCUT2D eigenvalue weighted by molar-refractivity contribution is -0.148. The minimum Gasteiger partial charge on any atom is -0.461 e. The Labute approximate surface area is 524 Å². The number of likely N-dealkylation sites (N-methyl/N-ethyl adjacent to an activating group) is 6. The molecule has 9 N–H and O–H groups in total. The highest BCUT2D eigenvalue weighted by molar-refractivity contribution is 5.97. The third-order valence-corrected chi connectivity index (χ3v) is 14.3. The van der Waals surface area contributed by atoms with E-state index in [1.165, 1.54) is 0 Å². The van der Waals surface area contributed by atoms with E-state index in [9.17, 15) is 43.2 Å². The van der Waals surface area contributed by atoms with E-state index < -0.39 is 53.5 Å². The van der Waals surface area contributed by atoms with Gasteiger partial charge in [-0.15, -0.1) is 0 Å². The maximum Gasteiger partial charge on any atom is 0.415 e. The summed E-state index contributed by atoms with van der Waals surface area (Å²) < 4.78 is 14.3. The topological polar surface area (TPSA) is 313 Å². The van der Waals surface area contributed by atoms with Crippen molar-refractivity contribution in [2.45, 2.75) is 117 Å². The molecule has 1 aliphatic heterocycles. The quantitative estimate of drug-likeness (QED) is 0.0216. The lowest BCUT2D eigenvalue weighted by Crippen LogP contribution is -2.46. The van der Waals surface area contributed by atoms with Gasteiger partial charge < -0.3 is 81.7 Å². The summed E-state index contributed by atoms with van der Waals surface area (Å²) in [5, 5.41) is 13.7. The first kappa shape index (κ1) is 79.6. The molecule has 0 aromatic heterocycles. The van der Waals surface area contributed by atoms with Crippen LogP contribution in [0.1, 0.15) is 96.6 Å². The predicted octanol–water partition coefficient (Wildman–Crippen LogP) is 1.81. The molecular weight excluding hydrogens is 1130 g/mol. The molecule has 0 saturated carbocycles. The van der Waals surface area contributed by atoms with Crippen LogP contribution in [0.15, 0.2) is 60.7 Å². The number of alkyl carbamates (subject to hydrolysis) is 1.